The predicted molar refractivity (Wildman–Crippen MR) is 123 cm³/mol. The molecule has 1 aromatic heterocycles. The maximum absolute atomic E-state index is 13.4. The van der Waals surface area contributed by atoms with E-state index in [1.807, 2.05) is 24.3 Å². The van der Waals surface area contributed by atoms with E-state index in [0.717, 1.165) is 42.3 Å². The van der Waals surface area contributed by atoms with E-state index in [9.17, 15) is 13.6 Å². The van der Waals surface area contributed by atoms with Gasteiger partial charge in [-0.2, -0.15) is 0 Å². The lowest BCUT2D eigenvalue weighted by Crippen LogP contribution is -2.37. The Morgan fingerprint density at radius 3 is 2.72 bits per heavy atom. The van der Waals surface area contributed by atoms with E-state index in [-0.39, 0.29) is 18.4 Å². The maximum atomic E-state index is 13.4. The summed E-state index contributed by atoms with van der Waals surface area (Å²) < 4.78 is 26.8. The molecule has 1 saturated heterocycles. The first kappa shape index (κ1) is 22.2. The average Bonchev–Trinajstić information content (AvgIpc) is 2.79. The fourth-order valence-corrected chi connectivity index (χ4v) is 3.96. The van der Waals surface area contributed by atoms with Crippen LogP contribution in [0.4, 0.5) is 20.3 Å². The predicted octanol–water partition coefficient (Wildman–Crippen LogP) is 5.23. The SMILES string of the molecule is O=C(Nc1cc(-c2cccc(NCc3cc(F)cc(F)c3)c2)c(Cl)cn1)[C@@H]1CCCNC1. The van der Waals surface area contributed by atoms with Gasteiger partial charge in [-0.25, -0.2) is 13.8 Å². The summed E-state index contributed by atoms with van der Waals surface area (Å²) in [7, 11) is 0. The molecular weight excluding hydrogens is 434 g/mol. The van der Waals surface area contributed by atoms with Crippen LogP contribution in [0.1, 0.15) is 18.4 Å². The fourth-order valence-electron chi connectivity index (χ4n) is 3.75. The summed E-state index contributed by atoms with van der Waals surface area (Å²) in [4.78, 5) is 16.8. The molecule has 0 radical (unpaired) electrons. The highest BCUT2D eigenvalue weighted by Crippen LogP contribution is 2.31. The minimum absolute atomic E-state index is 0.0595. The van der Waals surface area contributed by atoms with Gasteiger partial charge >= 0.3 is 0 Å². The summed E-state index contributed by atoms with van der Waals surface area (Å²) in [5.74, 6) is -0.926. The van der Waals surface area contributed by atoms with Crippen LogP contribution >= 0.6 is 11.6 Å². The highest BCUT2D eigenvalue weighted by Gasteiger charge is 2.21. The van der Waals surface area contributed by atoms with Gasteiger partial charge in [-0.05, 0) is 60.8 Å². The zero-order valence-corrected chi connectivity index (χ0v) is 18.1. The molecule has 0 aliphatic carbocycles. The molecule has 2 aromatic carbocycles. The lowest BCUT2D eigenvalue weighted by molar-refractivity contribution is -0.120. The van der Waals surface area contributed by atoms with Crippen molar-refractivity contribution in [2.75, 3.05) is 23.7 Å². The molecule has 0 unspecified atom stereocenters. The molecule has 166 valence electrons. The van der Waals surface area contributed by atoms with E-state index < -0.39 is 11.6 Å². The molecule has 1 atom stereocenters. The third-order valence-electron chi connectivity index (χ3n) is 5.37. The van der Waals surface area contributed by atoms with Crippen molar-refractivity contribution in [2.24, 2.45) is 5.92 Å². The lowest BCUT2D eigenvalue weighted by Gasteiger charge is -2.21. The molecule has 0 saturated carbocycles. The van der Waals surface area contributed by atoms with E-state index in [0.29, 0.717) is 22.9 Å². The van der Waals surface area contributed by atoms with Gasteiger partial charge in [-0.15, -0.1) is 0 Å². The summed E-state index contributed by atoms with van der Waals surface area (Å²) >= 11 is 6.39. The van der Waals surface area contributed by atoms with Crippen molar-refractivity contribution in [3.8, 4) is 11.1 Å². The van der Waals surface area contributed by atoms with Gasteiger partial charge in [-0.3, -0.25) is 4.79 Å². The van der Waals surface area contributed by atoms with E-state index in [1.165, 1.54) is 18.3 Å². The second-order valence-corrected chi connectivity index (χ2v) is 8.20. The number of rotatable bonds is 6. The Kier molecular flexibility index (Phi) is 6.97. The van der Waals surface area contributed by atoms with Gasteiger partial charge < -0.3 is 16.0 Å². The molecule has 1 aliphatic heterocycles. The molecule has 1 amide bonds. The summed E-state index contributed by atoms with van der Waals surface area (Å²) in [6, 6.07) is 12.7. The second-order valence-electron chi connectivity index (χ2n) is 7.79. The largest absolute Gasteiger partial charge is 0.381 e. The monoisotopic (exact) mass is 456 g/mol. The number of nitrogens with zero attached hydrogens (tertiary/aromatic N) is 1. The number of carbonyl (C=O) groups is 1. The molecular formula is C24H23ClF2N4O. The number of nitrogens with one attached hydrogen (secondary N) is 3. The van der Waals surface area contributed by atoms with Crippen LogP contribution < -0.4 is 16.0 Å². The summed E-state index contributed by atoms with van der Waals surface area (Å²) in [6.07, 6.45) is 3.34. The Labute approximate surface area is 190 Å². The average molecular weight is 457 g/mol. The van der Waals surface area contributed by atoms with Crippen LogP contribution in [0.2, 0.25) is 5.02 Å². The number of benzene rings is 2. The minimum Gasteiger partial charge on any atom is -0.381 e. The van der Waals surface area contributed by atoms with Gasteiger partial charge in [0.2, 0.25) is 5.91 Å². The standard InChI is InChI=1S/C24H23ClF2N4O/c25-22-14-30-23(31-24(32)17-4-2-6-28-13-17)11-21(22)16-3-1-5-20(9-16)29-12-15-7-18(26)10-19(27)8-15/h1,3,5,7-11,14,17,28-29H,2,4,6,12-13H2,(H,30,31,32)/t17-/m1/s1. The normalized spacial score (nSPS) is 15.9. The van der Waals surface area contributed by atoms with Gasteiger partial charge in [0.15, 0.2) is 0 Å². The molecule has 5 nitrogen and oxygen atoms in total. The number of hydrogen-bond donors (Lipinski definition) is 3. The van der Waals surface area contributed by atoms with Crippen molar-refractivity contribution in [1.82, 2.24) is 10.3 Å². The van der Waals surface area contributed by atoms with Gasteiger partial charge in [0.25, 0.3) is 0 Å². The molecule has 2 heterocycles. The van der Waals surface area contributed by atoms with E-state index in [2.05, 4.69) is 20.9 Å². The van der Waals surface area contributed by atoms with Crippen LogP contribution in [0.25, 0.3) is 11.1 Å². The van der Waals surface area contributed by atoms with Crippen molar-refractivity contribution in [2.45, 2.75) is 19.4 Å². The Bertz CT molecular complexity index is 1100. The Hall–Kier alpha value is -3.03. The van der Waals surface area contributed by atoms with E-state index >= 15 is 0 Å². The third kappa shape index (κ3) is 5.60. The third-order valence-corrected chi connectivity index (χ3v) is 5.67. The van der Waals surface area contributed by atoms with E-state index in [4.69, 9.17) is 11.6 Å². The first-order valence-electron chi connectivity index (χ1n) is 10.4. The lowest BCUT2D eigenvalue weighted by atomic mass is 9.99. The molecule has 8 heteroatoms. The van der Waals surface area contributed by atoms with Crippen LogP contribution in [0, 0.1) is 17.6 Å². The number of pyridine rings is 1. The van der Waals surface area contributed by atoms with Crippen LogP contribution in [0.15, 0.2) is 54.7 Å². The van der Waals surface area contributed by atoms with Crippen molar-refractivity contribution in [3.63, 3.8) is 0 Å². The number of hydrogen-bond acceptors (Lipinski definition) is 4. The van der Waals surface area contributed by atoms with Crippen molar-refractivity contribution < 1.29 is 13.6 Å². The Morgan fingerprint density at radius 1 is 1.16 bits per heavy atom. The molecule has 1 fully saturated rings. The highest BCUT2D eigenvalue weighted by molar-refractivity contribution is 6.33. The van der Waals surface area contributed by atoms with Crippen LogP contribution in [0.5, 0.6) is 0 Å². The van der Waals surface area contributed by atoms with Crippen molar-refractivity contribution >= 4 is 29.0 Å². The minimum atomic E-state index is -0.613. The number of anilines is 2. The van der Waals surface area contributed by atoms with Crippen molar-refractivity contribution in [1.29, 1.82) is 0 Å². The van der Waals surface area contributed by atoms with Gasteiger partial charge in [0.1, 0.15) is 17.5 Å². The number of piperidine rings is 1. The van der Waals surface area contributed by atoms with Crippen molar-refractivity contribution in [3.05, 3.63) is 76.9 Å². The first-order chi connectivity index (χ1) is 15.5. The number of amides is 1. The smallest absolute Gasteiger partial charge is 0.229 e. The fraction of sp³-hybridized carbons (Fsp3) is 0.250. The Morgan fingerprint density at radius 2 is 1.97 bits per heavy atom. The molecule has 3 N–H and O–H groups in total. The number of halogens is 3. The molecule has 0 bridgehead atoms. The van der Waals surface area contributed by atoms with Crippen LogP contribution in [-0.2, 0) is 11.3 Å². The highest BCUT2D eigenvalue weighted by atomic mass is 35.5. The number of aromatic nitrogens is 1. The Balaban J connectivity index is 1.49. The molecule has 32 heavy (non-hydrogen) atoms. The quantitative estimate of drug-likeness (QED) is 0.475. The number of carbonyl (C=O) groups excluding carboxylic acids is 1. The zero-order valence-electron chi connectivity index (χ0n) is 17.3. The van der Waals surface area contributed by atoms with Gasteiger partial charge in [0, 0.05) is 36.6 Å². The van der Waals surface area contributed by atoms with Crippen LogP contribution in [0.3, 0.4) is 0 Å². The van der Waals surface area contributed by atoms with Crippen LogP contribution in [-0.4, -0.2) is 24.0 Å². The van der Waals surface area contributed by atoms with Gasteiger partial charge in [0.05, 0.1) is 10.9 Å². The maximum Gasteiger partial charge on any atom is 0.229 e. The summed E-state index contributed by atoms with van der Waals surface area (Å²) in [5.41, 5.74) is 2.80. The molecule has 0 spiro atoms. The molecule has 4 rings (SSSR count). The topological polar surface area (TPSA) is 66.0 Å². The molecule has 3 aromatic rings. The van der Waals surface area contributed by atoms with E-state index in [1.54, 1.807) is 6.07 Å². The zero-order chi connectivity index (χ0) is 22.5. The summed E-state index contributed by atoms with van der Waals surface area (Å²) in [5, 5.41) is 9.74. The second kappa shape index (κ2) is 10.1. The van der Waals surface area contributed by atoms with Gasteiger partial charge in [-0.1, -0.05) is 23.7 Å². The summed E-state index contributed by atoms with van der Waals surface area (Å²) in [6.45, 7) is 1.86. The first-order valence-corrected chi connectivity index (χ1v) is 10.8. The molecule has 1 aliphatic rings.